The van der Waals surface area contributed by atoms with E-state index in [1.54, 1.807) is 24.3 Å². The van der Waals surface area contributed by atoms with E-state index in [0.29, 0.717) is 16.5 Å². The first-order chi connectivity index (χ1) is 12.1. The summed E-state index contributed by atoms with van der Waals surface area (Å²) in [7, 11) is 0. The van der Waals surface area contributed by atoms with Crippen LogP contribution in [0.3, 0.4) is 0 Å². The second kappa shape index (κ2) is 5.86. The van der Waals surface area contributed by atoms with E-state index in [1.165, 1.54) is 12.3 Å². The molecule has 2 aromatic carbocycles. The maximum Gasteiger partial charge on any atom is 0.261 e. The second-order valence-electron chi connectivity index (χ2n) is 5.65. The fourth-order valence-electron chi connectivity index (χ4n) is 2.98. The molecule has 4 rings (SSSR count). The molecular formula is C18H13N3O4. The van der Waals surface area contributed by atoms with Crippen molar-refractivity contribution in [3.05, 3.63) is 59.9 Å². The van der Waals surface area contributed by atoms with Gasteiger partial charge in [0.2, 0.25) is 5.91 Å². The zero-order valence-electron chi connectivity index (χ0n) is 13.1. The van der Waals surface area contributed by atoms with Gasteiger partial charge in [-0.1, -0.05) is 29.4 Å². The number of nitrogens with zero attached hydrogens (tertiary/aromatic N) is 2. The summed E-state index contributed by atoms with van der Waals surface area (Å²) in [6.07, 6.45) is 1.31. The highest BCUT2D eigenvalue weighted by Gasteiger charge is 2.32. The summed E-state index contributed by atoms with van der Waals surface area (Å²) in [5, 5.41) is 7.64. The maximum absolute atomic E-state index is 12.7. The van der Waals surface area contributed by atoms with Crippen LogP contribution in [-0.2, 0) is 4.79 Å². The molecule has 1 N–H and O–H groups in total. The van der Waals surface area contributed by atoms with Crippen LogP contribution in [0.5, 0.6) is 0 Å². The van der Waals surface area contributed by atoms with Crippen LogP contribution in [0.4, 0.5) is 5.82 Å². The Morgan fingerprint density at radius 2 is 1.72 bits per heavy atom. The fourth-order valence-corrected chi connectivity index (χ4v) is 2.98. The lowest BCUT2D eigenvalue weighted by Crippen LogP contribution is -2.41. The number of hydrogen-bond donors (Lipinski definition) is 1. The van der Waals surface area contributed by atoms with Gasteiger partial charge in [0.1, 0.15) is 6.26 Å². The van der Waals surface area contributed by atoms with E-state index in [0.717, 1.165) is 10.3 Å². The molecule has 0 fully saturated rings. The lowest BCUT2D eigenvalue weighted by atomic mass is 9.94. The molecule has 3 amide bonds. The molecule has 0 atom stereocenters. The number of carbonyl (C=O) groups is 3. The molecule has 0 unspecified atom stereocenters. The molecule has 0 saturated heterocycles. The van der Waals surface area contributed by atoms with Crippen LogP contribution in [0, 0.1) is 0 Å². The van der Waals surface area contributed by atoms with Gasteiger partial charge in [0.15, 0.2) is 5.82 Å². The number of hydrogen-bond acceptors (Lipinski definition) is 5. The number of rotatable bonds is 4. The summed E-state index contributed by atoms with van der Waals surface area (Å²) >= 11 is 0. The van der Waals surface area contributed by atoms with Crippen molar-refractivity contribution in [2.45, 2.75) is 6.42 Å². The van der Waals surface area contributed by atoms with Crippen molar-refractivity contribution in [1.82, 2.24) is 10.1 Å². The standard InChI is InChI=1S/C18H13N3O4/c22-15(19-14-8-10-25-20-14)7-9-21-17(23)12-5-1-3-11-4-2-6-13(16(11)12)18(21)24/h1-6,8,10H,7,9H2,(H,19,20,22). The molecule has 7 heteroatoms. The van der Waals surface area contributed by atoms with Gasteiger partial charge in [0.05, 0.1) is 0 Å². The normalized spacial score (nSPS) is 13.4. The Labute approximate surface area is 142 Å². The highest BCUT2D eigenvalue weighted by molar-refractivity contribution is 6.25. The van der Waals surface area contributed by atoms with Crippen molar-refractivity contribution >= 4 is 34.3 Å². The van der Waals surface area contributed by atoms with E-state index in [9.17, 15) is 14.4 Å². The van der Waals surface area contributed by atoms with Crippen LogP contribution in [0.1, 0.15) is 27.1 Å². The largest absolute Gasteiger partial charge is 0.363 e. The van der Waals surface area contributed by atoms with Gasteiger partial charge in [-0.15, -0.1) is 0 Å². The van der Waals surface area contributed by atoms with Crippen LogP contribution < -0.4 is 5.32 Å². The molecule has 25 heavy (non-hydrogen) atoms. The molecule has 124 valence electrons. The molecule has 0 saturated carbocycles. The first-order valence-corrected chi connectivity index (χ1v) is 7.73. The molecule has 0 spiro atoms. The Hall–Kier alpha value is -3.48. The highest BCUT2D eigenvalue weighted by Crippen LogP contribution is 2.29. The second-order valence-corrected chi connectivity index (χ2v) is 5.65. The summed E-state index contributed by atoms with van der Waals surface area (Å²) < 4.78 is 4.63. The van der Waals surface area contributed by atoms with E-state index in [2.05, 4.69) is 15.0 Å². The van der Waals surface area contributed by atoms with Crippen molar-refractivity contribution in [2.24, 2.45) is 0 Å². The van der Waals surface area contributed by atoms with E-state index in [1.807, 2.05) is 12.1 Å². The van der Waals surface area contributed by atoms with Crippen molar-refractivity contribution in [1.29, 1.82) is 0 Å². The lowest BCUT2D eigenvalue weighted by Gasteiger charge is -2.26. The van der Waals surface area contributed by atoms with Crippen LogP contribution in [0.25, 0.3) is 10.8 Å². The number of carbonyl (C=O) groups excluding carboxylic acids is 3. The Morgan fingerprint density at radius 3 is 2.32 bits per heavy atom. The molecule has 1 aliphatic rings. The predicted octanol–water partition coefficient (Wildman–Crippen LogP) is 2.45. The zero-order chi connectivity index (χ0) is 17.4. The van der Waals surface area contributed by atoms with Gasteiger partial charge in [0.25, 0.3) is 11.8 Å². The number of imide groups is 1. The molecule has 1 aliphatic heterocycles. The lowest BCUT2D eigenvalue weighted by molar-refractivity contribution is -0.116. The van der Waals surface area contributed by atoms with Crippen LogP contribution in [0.2, 0.25) is 0 Å². The quantitative estimate of drug-likeness (QED) is 0.739. The van der Waals surface area contributed by atoms with Crippen molar-refractivity contribution in [3.8, 4) is 0 Å². The predicted molar refractivity (Wildman–Crippen MR) is 89.1 cm³/mol. The zero-order valence-corrected chi connectivity index (χ0v) is 13.1. The third kappa shape index (κ3) is 2.55. The van der Waals surface area contributed by atoms with Gasteiger partial charge < -0.3 is 9.84 Å². The van der Waals surface area contributed by atoms with Crippen LogP contribution >= 0.6 is 0 Å². The van der Waals surface area contributed by atoms with Crippen molar-refractivity contribution in [2.75, 3.05) is 11.9 Å². The monoisotopic (exact) mass is 335 g/mol. The maximum atomic E-state index is 12.7. The summed E-state index contributed by atoms with van der Waals surface area (Å²) in [5.74, 6) is -0.838. The van der Waals surface area contributed by atoms with Gasteiger partial charge in [-0.05, 0) is 17.5 Å². The first-order valence-electron chi connectivity index (χ1n) is 7.73. The van der Waals surface area contributed by atoms with E-state index in [4.69, 9.17) is 0 Å². The topological polar surface area (TPSA) is 92.5 Å². The first kappa shape index (κ1) is 15.1. The molecule has 0 radical (unpaired) electrons. The smallest absolute Gasteiger partial charge is 0.261 e. The third-order valence-corrected chi connectivity index (χ3v) is 4.12. The molecule has 1 aromatic heterocycles. The molecule has 0 bridgehead atoms. The minimum absolute atomic E-state index is 0.00786. The SMILES string of the molecule is O=C(CCN1C(=O)c2cccc3cccc(c23)C1=O)Nc1ccon1. The summed E-state index contributed by atoms with van der Waals surface area (Å²) in [4.78, 5) is 38.4. The van der Waals surface area contributed by atoms with Gasteiger partial charge in [-0.3, -0.25) is 19.3 Å². The summed E-state index contributed by atoms with van der Waals surface area (Å²) in [6.45, 7) is -0.00786. The Kier molecular flexibility index (Phi) is 3.53. The average Bonchev–Trinajstić information content (AvgIpc) is 3.12. The van der Waals surface area contributed by atoms with Crippen LogP contribution in [-0.4, -0.2) is 34.3 Å². The molecule has 2 heterocycles. The number of nitrogens with one attached hydrogen (secondary N) is 1. The van der Waals surface area contributed by atoms with Crippen LogP contribution in [0.15, 0.2) is 53.3 Å². The molecule has 3 aromatic rings. The Morgan fingerprint density at radius 1 is 1.04 bits per heavy atom. The number of benzene rings is 2. The minimum Gasteiger partial charge on any atom is -0.363 e. The number of anilines is 1. The molecule has 0 aliphatic carbocycles. The van der Waals surface area contributed by atoms with Gasteiger partial charge in [-0.25, -0.2) is 0 Å². The van der Waals surface area contributed by atoms with Gasteiger partial charge in [0, 0.05) is 35.5 Å². The van der Waals surface area contributed by atoms with Gasteiger partial charge in [-0.2, -0.15) is 0 Å². The van der Waals surface area contributed by atoms with Gasteiger partial charge >= 0.3 is 0 Å². The van der Waals surface area contributed by atoms with E-state index in [-0.39, 0.29) is 36.5 Å². The van der Waals surface area contributed by atoms with E-state index >= 15 is 0 Å². The Balaban J connectivity index is 1.57. The molecule has 7 nitrogen and oxygen atoms in total. The van der Waals surface area contributed by atoms with Crippen molar-refractivity contribution < 1.29 is 18.9 Å². The summed E-state index contributed by atoms with van der Waals surface area (Å²) in [5.41, 5.74) is 0.953. The highest BCUT2D eigenvalue weighted by atomic mass is 16.5. The minimum atomic E-state index is -0.386. The fraction of sp³-hybridized carbons (Fsp3) is 0.111. The molecular weight excluding hydrogens is 322 g/mol. The Bertz CT molecular complexity index is 944. The summed E-state index contributed by atoms with van der Waals surface area (Å²) in [6, 6.07) is 12.2. The number of amides is 3. The average molecular weight is 335 g/mol. The van der Waals surface area contributed by atoms with E-state index < -0.39 is 0 Å². The third-order valence-electron chi connectivity index (χ3n) is 4.12. The number of aromatic nitrogens is 1. The van der Waals surface area contributed by atoms with Crippen molar-refractivity contribution in [3.63, 3.8) is 0 Å².